The Morgan fingerprint density at radius 3 is 2.83 bits per heavy atom. The number of amides is 2. The number of para-hydroxylation sites is 2. The summed E-state index contributed by atoms with van der Waals surface area (Å²) in [7, 11) is 0. The van der Waals surface area contributed by atoms with Crippen molar-refractivity contribution in [1.29, 1.82) is 5.26 Å². The molecule has 0 bridgehead atoms. The molecular weight excluding hydrogens is 386 g/mol. The van der Waals surface area contributed by atoms with E-state index in [1.807, 2.05) is 32.0 Å². The van der Waals surface area contributed by atoms with Gasteiger partial charge in [0.2, 0.25) is 11.8 Å². The highest BCUT2D eigenvalue weighted by molar-refractivity contribution is 8.00. The van der Waals surface area contributed by atoms with Crippen molar-refractivity contribution < 1.29 is 9.59 Å². The van der Waals surface area contributed by atoms with Gasteiger partial charge in [-0.1, -0.05) is 23.9 Å². The van der Waals surface area contributed by atoms with Gasteiger partial charge in [0, 0.05) is 18.4 Å². The van der Waals surface area contributed by atoms with Crippen molar-refractivity contribution in [2.75, 3.05) is 16.0 Å². The number of hydrogen-bond acceptors (Lipinski definition) is 6. The van der Waals surface area contributed by atoms with E-state index in [2.05, 4.69) is 21.4 Å². The number of aromatic nitrogens is 2. The first-order valence-electron chi connectivity index (χ1n) is 9.60. The molecule has 4 rings (SSSR count). The van der Waals surface area contributed by atoms with Gasteiger partial charge in [-0.2, -0.15) is 5.26 Å². The van der Waals surface area contributed by atoms with E-state index in [0.29, 0.717) is 33.6 Å². The fourth-order valence-corrected chi connectivity index (χ4v) is 4.39. The zero-order valence-corrected chi connectivity index (χ0v) is 17.1. The molecule has 2 amide bonds. The number of hydrogen-bond donors (Lipinski definition) is 1. The summed E-state index contributed by atoms with van der Waals surface area (Å²) in [5, 5.41) is 12.9. The lowest BCUT2D eigenvalue weighted by Gasteiger charge is -2.27. The van der Waals surface area contributed by atoms with Crippen molar-refractivity contribution in [3.8, 4) is 6.07 Å². The van der Waals surface area contributed by atoms with Crippen LogP contribution < -0.4 is 10.2 Å². The van der Waals surface area contributed by atoms with Crippen LogP contribution in [-0.4, -0.2) is 33.6 Å². The molecular formula is C21H21N5O2S. The molecule has 2 aliphatic rings. The number of nitrogens with zero attached hydrogens (tertiary/aromatic N) is 4. The summed E-state index contributed by atoms with van der Waals surface area (Å²) < 4.78 is 0. The van der Waals surface area contributed by atoms with Crippen molar-refractivity contribution >= 4 is 35.0 Å². The van der Waals surface area contributed by atoms with Crippen molar-refractivity contribution in [1.82, 2.24) is 9.97 Å². The average molecular weight is 407 g/mol. The Morgan fingerprint density at radius 1 is 1.34 bits per heavy atom. The van der Waals surface area contributed by atoms with Gasteiger partial charge < -0.3 is 10.2 Å². The van der Waals surface area contributed by atoms with Crippen LogP contribution in [0.4, 0.5) is 11.4 Å². The molecule has 1 aromatic heterocycles. The van der Waals surface area contributed by atoms with Gasteiger partial charge in [-0.05, 0) is 38.8 Å². The molecule has 0 spiro atoms. The Bertz CT molecular complexity index is 1030. The molecule has 1 fully saturated rings. The van der Waals surface area contributed by atoms with Crippen LogP contribution in [0.3, 0.4) is 0 Å². The van der Waals surface area contributed by atoms with Gasteiger partial charge in [-0.15, -0.1) is 0 Å². The second-order valence-corrected chi connectivity index (χ2v) is 8.37. The summed E-state index contributed by atoms with van der Waals surface area (Å²) in [5.41, 5.74) is 2.40. The lowest BCUT2D eigenvalue weighted by atomic mass is 10.2. The molecule has 1 saturated carbocycles. The molecule has 2 aromatic rings. The number of anilines is 2. The third kappa shape index (κ3) is 3.96. The van der Waals surface area contributed by atoms with Crippen LogP contribution in [-0.2, 0) is 9.59 Å². The van der Waals surface area contributed by atoms with Crippen LogP contribution in [0.2, 0.25) is 0 Å². The Balaban J connectivity index is 1.59. The SMILES string of the molecule is Cc1nc(C2CC2)nc(SCC(=O)N2c3ccccc3NC(=O)CC2C)c1C#N. The van der Waals surface area contributed by atoms with Crippen LogP contribution >= 0.6 is 11.8 Å². The second-order valence-electron chi connectivity index (χ2n) is 7.40. The molecule has 1 aromatic carbocycles. The van der Waals surface area contributed by atoms with Crippen LogP contribution in [0.5, 0.6) is 0 Å². The first-order valence-corrected chi connectivity index (χ1v) is 10.6. The quantitative estimate of drug-likeness (QED) is 0.616. The lowest BCUT2D eigenvalue weighted by molar-refractivity contribution is -0.117. The predicted octanol–water partition coefficient (Wildman–Crippen LogP) is 3.39. The Hall–Kier alpha value is -2.92. The first-order chi connectivity index (χ1) is 14.0. The molecule has 0 radical (unpaired) electrons. The highest BCUT2D eigenvalue weighted by Crippen LogP contribution is 2.39. The van der Waals surface area contributed by atoms with Gasteiger partial charge in [0.25, 0.3) is 0 Å². The van der Waals surface area contributed by atoms with Crippen LogP contribution in [0.1, 0.15) is 49.2 Å². The second kappa shape index (κ2) is 7.84. The number of nitriles is 1. The number of carbonyl (C=O) groups is 2. The van der Waals surface area contributed by atoms with Gasteiger partial charge in [-0.3, -0.25) is 9.59 Å². The average Bonchev–Trinajstić information content (AvgIpc) is 3.52. The maximum atomic E-state index is 13.2. The number of nitrogens with one attached hydrogen (secondary N) is 1. The summed E-state index contributed by atoms with van der Waals surface area (Å²) in [6, 6.07) is 9.20. The standard InChI is InChI=1S/C21H21N5O2S/c1-12-9-18(27)24-16-5-3-4-6-17(16)26(12)19(28)11-29-21-15(10-22)13(2)23-20(25-21)14-7-8-14/h3-6,12,14H,7-9,11H2,1-2H3,(H,24,27). The smallest absolute Gasteiger partial charge is 0.237 e. The maximum absolute atomic E-state index is 13.2. The third-order valence-electron chi connectivity index (χ3n) is 5.09. The largest absolute Gasteiger partial charge is 0.324 e. The van der Waals surface area contributed by atoms with Crippen LogP contribution in [0, 0.1) is 18.3 Å². The summed E-state index contributed by atoms with van der Waals surface area (Å²) in [6.07, 6.45) is 2.36. The summed E-state index contributed by atoms with van der Waals surface area (Å²) in [5.74, 6) is 1.02. The van der Waals surface area contributed by atoms with Gasteiger partial charge in [0.05, 0.1) is 22.8 Å². The number of aryl methyl sites for hydroxylation is 1. The van der Waals surface area contributed by atoms with Crippen molar-refractivity contribution in [3.05, 3.63) is 41.3 Å². The van der Waals surface area contributed by atoms with E-state index < -0.39 is 0 Å². The molecule has 1 atom stereocenters. The molecule has 1 N–H and O–H groups in total. The molecule has 1 unspecified atom stereocenters. The van der Waals surface area contributed by atoms with E-state index in [9.17, 15) is 14.9 Å². The number of thioether (sulfide) groups is 1. The number of fused-ring (bicyclic) bond motifs is 1. The Morgan fingerprint density at radius 2 is 2.10 bits per heavy atom. The summed E-state index contributed by atoms with van der Waals surface area (Å²) in [4.78, 5) is 36.0. The molecule has 1 aliphatic carbocycles. The molecule has 2 heterocycles. The van der Waals surface area contributed by atoms with Gasteiger partial charge in [0.15, 0.2) is 0 Å². The molecule has 1 aliphatic heterocycles. The van der Waals surface area contributed by atoms with E-state index in [0.717, 1.165) is 18.7 Å². The van der Waals surface area contributed by atoms with Crippen molar-refractivity contribution in [2.24, 2.45) is 0 Å². The topological polar surface area (TPSA) is 99.0 Å². The van der Waals surface area contributed by atoms with Crippen molar-refractivity contribution in [3.63, 3.8) is 0 Å². The fourth-order valence-electron chi connectivity index (χ4n) is 3.49. The molecule has 0 saturated heterocycles. The highest BCUT2D eigenvalue weighted by atomic mass is 32.2. The minimum atomic E-state index is -0.267. The minimum Gasteiger partial charge on any atom is -0.324 e. The molecule has 8 heteroatoms. The van der Waals surface area contributed by atoms with E-state index in [4.69, 9.17) is 0 Å². The molecule has 29 heavy (non-hydrogen) atoms. The van der Waals surface area contributed by atoms with Gasteiger partial charge in [-0.25, -0.2) is 9.97 Å². The molecule has 148 valence electrons. The zero-order chi connectivity index (χ0) is 20.5. The summed E-state index contributed by atoms with van der Waals surface area (Å²) >= 11 is 1.26. The maximum Gasteiger partial charge on any atom is 0.237 e. The summed E-state index contributed by atoms with van der Waals surface area (Å²) in [6.45, 7) is 3.67. The van der Waals surface area contributed by atoms with Crippen molar-refractivity contribution in [2.45, 2.75) is 50.1 Å². The van der Waals surface area contributed by atoms with E-state index in [1.54, 1.807) is 11.0 Å². The fraction of sp³-hybridized carbons (Fsp3) is 0.381. The highest BCUT2D eigenvalue weighted by Gasteiger charge is 2.31. The van der Waals surface area contributed by atoms with E-state index >= 15 is 0 Å². The van der Waals surface area contributed by atoms with Gasteiger partial charge in [0.1, 0.15) is 22.5 Å². The number of benzene rings is 1. The Labute approximate surface area is 173 Å². The van der Waals surface area contributed by atoms with Crippen LogP contribution in [0.25, 0.3) is 0 Å². The number of rotatable bonds is 4. The monoisotopic (exact) mass is 407 g/mol. The lowest BCUT2D eigenvalue weighted by Crippen LogP contribution is -2.40. The normalized spacial score (nSPS) is 18.4. The number of carbonyl (C=O) groups excluding carboxylic acids is 2. The van der Waals surface area contributed by atoms with Gasteiger partial charge >= 0.3 is 0 Å². The third-order valence-corrected chi connectivity index (χ3v) is 6.05. The molecule has 7 nitrogen and oxygen atoms in total. The predicted molar refractivity (Wildman–Crippen MR) is 111 cm³/mol. The zero-order valence-electron chi connectivity index (χ0n) is 16.3. The first kappa shape index (κ1) is 19.4. The van der Waals surface area contributed by atoms with Crippen LogP contribution in [0.15, 0.2) is 29.3 Å². The Kier molecular flexibility index (Phi) is 5.24. The van der Waals surface area contributed by atoms with E-state index in [1.165, 1.54) is 11.8 Å². The minimum absolute atomic E-state index is 0.111. The van der Waals surface area contributed by atoms with E-state index in [-0.39, 0.29) is 30.0 Å².